The van der Waals surface area contributed by atoms with E-state index >= 15 is 0 Å². The molecule has 0 aliphatic carbocycles. The van der Waals surface area contributed by atoms with Gasteiger partial charge in [-0.05, 0) is 48.7 Å². The van der Waals surface area contributed by atoms with Gasteiger partial charge in [0.05, 0.1) is 12.8 Å². The average Bonchev–Trinajstić information content (AvgIpc) is 2.59. The maximum Gasteiger partial charge on any atom is 0.179 e. The van der Waals surface area contributed by atoms with Gasteiger partial charge in [0.25, 0.3) is 0 Å². The summed E-state index contributed by atoms with van der Waals surface area (Å²) in [6.45, 7) is 2.81. The molecule has 0 aliphatic heterocycles. The van der Waals surface area contributed by atoms with Gasteiger partial charge in [0.2, 0.25) is 0 Å². The molecule has 4 nitrogen and oxygen atoms in total. The normalized spacial score (nSPS) is 10.0. The van der Waals surface area contributed by atoms with Gasteiger partial charge < -0.3 is 4.74 Å². The zero-order valence-electron chi connectivity index (χ0n) is 12.3. The molecule has 108 valence electrons. The van der Waals surface area contributed by atoms with Gasteiger partial charge in [-0.1, -0.05) is 12.8 Å². The Morgan fingerprint density at radius 2 is 1.91 bits per heavy atom. The number of aromatic nitrogens is 3. The third-order valence-corrected chi connectivity index (χ3v) is 2.98. The first-order valence-corrected chi connectivity index (χ1v) is 7.18. The molecule has 2 heterocycles. The summed E-state index contributed by atoms with van der Waals surface area (Å²) in [6, 6.07) is 11.4. The van der Waals surface area contributed by atoms with Gasteiger partial charge in [-0.3, -0.25) is 0 Å². The maximum atomic E-state index is 5.54. The Morgan fingerprint density at radius 1 is 1.05 bits per heavy atom. The summed E-state index contributed by atoms with van der Waals surface area (Å²) >= 11 is 0. The van der Waals surface area contributed by atoms with Crippen LogP contribution in [0.3, 0.4) is 0 Å². The monoisotopic (exact) mass is 289 g/mol. The molecule has 0 radical (unpaired) electrons. The van der Waals surface area contributed by atoms with E-state index in [9.17, 15) is 0 Å². The second-order valence-electron chi connectivity index (χ2n) is 4.72. The second kappa shape index (κ2) is 6.68. The van der Waals surface area contributed by atoms with Gasteiger partial charge in [-0.15, -0.1) is 0 Å². The molecule has 0 atom stereocenters. The fraction of sp³-hybridized carbons (Fsp3) is 0.167. The van der Waals surface area contributed by atoms with Gasteiger partial charge in [0.15, 0.2) is 5.65 Å². The molecule has 3 aromatic rings. The Bertz CT molecular complexity index is 832. The highest BCUT2D eigenvalue weighted by molar-refractivity contribution is 5.69. The lowest BCUT2D eigenvalue weighted by Gasteiger charge is -2.03. The van der Waals surface area contributed by atoms with Crippen LogP contribution < -0.4 is 4.74 Å². The SMILES string of the molecule is CCCOc1ccc(C#Cc2cnc3cccnc3n2)cc1. The number of benzene rings is 1. The van der Waals surface area contributed by atoms with E-state index < -0.39 is 0 Å². The number of hydrogen-bond donors (Lipinski definition) is 0. The van der Waals surface area contributed by atoms with Crippen LogP contribution in [0.25, 0.3) is 11.2 Å². The van der Waals surface area contributed by atoms with Crippen molar-refractivity contribution in [2.45, 2.75) is 13.3 Å². The minimum absolute atomic E-state index is 0.609. The van der Waals surface area contributed by atoms with Crippen LogP contribution in [-0.2, 0) is 0 Å². The van der Waals surface area contributed by atoms with Crippen molar-refractivity contribution < 1.29 is 4.74 Å². The summed E-state index contributed by atoms with van der Waals surface area (Å²) in [5, 5.41) is 0. The average molecular weight is 289 g/mol. The van der Waals surface area contributed by atoms with E-state index in [-0.39, 0.29) is 0 Å². The fourth-order valence-corrected chi connectivity index (χ4v) is 1.90. The van der Waals surface area contributed by atoms with Crippen molar-refractivity contribution in [3.63, 3.8) is 0 Å². The lowest BCUT2D eigenvalue weighted by molar-refractivity contribution is 0.317. The molecule has 2 aromatic heterocycles. The second-order valence-corrected chi connectivity index (χ2v) is 4.72. The number of pyridine rings is 1. The standard InChI is InChI=1S/C18H15N3O/c1-2-12-22-16-9-6-14(7-10-16)5-8-15-13-20-17-4-3-11-19-18(17)21-15/h3-4,6-7,9-11,13H,2,12H2,1H3. The molecule has 0 aliphatic rings. The highest BCUT2D eigenvalue weighted by Gasteiger charge is 1.97. The Morgan fingerprint density at radius 3 is 2.73 bits per heavy atom. The van der Waals surface area contributed by atoms with E-state index in [0.717, 1.165) is 29.9 Å². The van der Waals surface area contributed by atoms with E-state index in [1.165, 1.54) is 0 Å². The Kier molecular flexibility index (Phi) is 4.26. The van der Waals surface area contributed by atoms with Crippen LogP contribution in [0, 0.1) is 11.8 Å². The molecule has 0 bridgehead atoms. The topological polar surface area (TPSA) is 47.9 Å². The molecule has 4 heteroatoms. The molecule has 0 saturated carbocycles. The quantitative estimate of drug-likeness (QED) is 0.695. The minimum Gasteiger partial charge on any atom is -0.494 e. The maximum absolute atomic E-state index is 5.54. The number of ether oxygens (including phenoxy) is 1. The van der Waals surface area contributed by atoms with E-state index in [4.69, 9.17) is 4.74 Å². The van der Waals surface area contributed by atoms with Crippen molar-refractivity contribution in [3.8, 4) is 17.6 Å². The minimum atomic E-state index is 0.609. The van der Waals surface area contributed by atoms with Crippen LogP contribution in [0.2, 0.25) is 0 Å². The van der Waals surface area contributed by atoms with E-state index in [1.807, 2.05) is 36.4 Å². The molecule has 0 fully saturated rings. The third-order valence-electron chi connectivity index (χ3n) is 2.98. The van der Waals surface area contributed by atoms with Gasteiger partial charge in [0, 0.05) is 11.8 Å². The van der Waals surface area contributed by atoms with Crippen LogP contribution in [0.5, 0.6) is 5.75 Å². The largest absolute Gasteiger partial charge is 0.494 e. The third kappa shape index (κ3) is 3.39. The van der Waals surface area contributed by atoms with Crippen LogP contribution in [0.15, 0.2) is 48.8 Å². The Hall–Kier alpha value is -2.93. The van der Waals surface area contributed by atoms with Crippen molar-refractivity contribution in [1.82, 2.24) is 15.0 Å². The molecule has 22 heavy (non-hydrogen) atoms. The van der Waals surface area contributed by atoms with Gasteiger partial charge in [-0.25, -0.2) is 15.0 Å². The molecule has 0 amide bonds. The Labute approximate surface area is 129 Å². The zero-order chi connectivity index (χ0) is 15.2. The zero-order valence-corrected chi connectivity index (χ0v) is 12.3. The lowest BCUT2D eigenvalue weighted by Crippen LogP contribution is -1.94. The van der Waals surface area contributed by atoms with E-state index in [2.05, 4.69) is 33.7 Å². The van der Waals surface area contributed by atoms with E-state index in [1.54, 1.807) is 12.4 Å². The van der Waals surface area contributed by atoms with Crippen LogP contribution in [-0.4, -0.2) is 21.6 Å². The summed E-state index contributed by atoms with van der Waals surface area (Å²) in [5.41, 5.74) is 2.90. The number of fused-ring (bicyclic) bond motifs is 1. The van der Waals surface area contributed by atoms with Crippen molar-refractivity contribution in [3.05, 3.63) is 60.0 Å². The van der Waals surface area contributed by atoms with Gasteiger partial charge in [-0.2, -0.15) is 0 Å². The summed E-state index contributed by atoms with van der Waals surface area (Å²) < 4.78 is 5.54. The number of rotatable bonds is 3. The Balaban J connectivity index is 1.78. The highest BCUT2D eigenvalue weighted by atomic mass is 16.5. The smallest absolute Gasteiger partial charge is 0.179 e. The van der Waals surface area contributed by atoms with Crippen LogP contribution >= 0.6 is 0 Å². The molecular formula is C18H15N3O. The predicted molar refractivity (Wildman–Crippen MR) is 85.5 cm³/mol. The fourth-order valence-electron chi connectivity index (χ4n) is 1.90. The number of hydrogen-bond acceptors (Lipinski definition) is 4. The van der Waals surface area contributed by atoms with Crippen LogP contribution in [0.1, 0.15) is 24.6 Å². The summed E-state index contributed by atoms with van der Waals surface area (Å²) in [7, 11) is 0. The predicted octanol–water partition coefficient (Wildman–Crippen LogP) is 3.21. The van der Waals surface area contributed by atoms with Crippen molar-refractivity contribution in [2.24, 2.45) is 0 Å². The van der Waals surface area contributed by atoms with E-state index in [0.29, 0.717) is 11.3 Å². The summed E-state index contributed by atoms with van der Waals surface area (Å²) in [5.74, 6) is 6.95. The lowest BCUT2D eigenvalue weighted by atomic mass is 10.2. The first-order chi connectivity index (χ1) is 10.8. The number of nitrogens with zero attached hydrogens (tertiary/aromatic N) is 3. The molecule has 1 aromatic carbocycles. The molecule has 0 spiro atoms. The summed E-state index contributed by atoms with van der Waals surface area (Å²) in [4.78, 5) is 12.8. The first-order valence-electron chi connectivity index (χ1n) is 7.18. The molecule has 0 N–H and O–H groups in total. The molecule has 3 rings (SSSR count). The van der Waals surface area contributed by atoms with Crippen molar-refractivity contribution in [1.29, 1.82) is 0 Å². The van der Waals surface area contributed by atoms with Crippen LogP contribution in [0.4, 0.5) is 0 Å². The molecule has 0 unspecified atom stereocenters. The highest BCUT2D eigenvalue weighted by Crippen LogP contribution is 2.12. The van der Waals surface area contributed by atoms with Gasteiger partial charge in [0.1, 0.15) is 17.0 Å². The molecular weight excluding hydrogens is 274 g/mol. The van der Waals surface area contributed by atoms with Gasteiger partial charge >= 0.3 is 0 Å². The summed E-state index contributed by atoms with van der Waals surface area (Å²) in [6.07, 6.45) is 4.36. The first kappa shape index (κ1) is 14.0. The molecule has 0 saturated heterocycles. The van der Waals surface area contributed by atoms with Crippen molar-refractivity contribution >= 4 is 11.2 Å². The van der Waals surface area contributed by atoms with Crippen molar-refractivity contribution in [2.75, 3.05) is 6.61 Å².